The predicted molar refractivity (Wildman–Crippen MR) is 86.9 cm³/mol. The molecule has 0 radical (unpaired) electrons. The van der Waals surface area contributed by atoms with Crippen LogP contribution in [0.5, 0.6) is 11.5 Å². The monoisotopic (exact) mass is 351 g/mol. The zero-order valence-corrected chi connectivity index (χ0v) is 14.0. The standard InChI is InChI=1S/C15H17N3O5S/c1-10(19)18-22-9-11-7-13(5-6-17-11)23-12-3-4-14(16)15(8-12)24(2,20)21/h3-8H,9,16H2,1-2H3,(H,18,19). The van der Waals surface area contributed by atoms with E-state index in [0.29, 0.717) is 17.2 Å². The number of nitrogens with one attached hydrogen (secondary N) is 1. The van der Waals surface area contributed by atoms with Gasteiger partial charge in [0.05, 0.1) is 16.3 Å². The highest BCUT2D eigenvalue weighted by Crippen LogP contribution is 2.28. The molecule has 1 amide bonds. The number of hydrogen-bond acceptors (Lipinski definition) is 7. The molecule has 0 fully saturated rings. The van der Waals surface area contributed by atoms with Crippen molar-refractivity contribution in [1.29, 1.82) is 0 Å². The fourth-order valence-electron chi connectivity index (χ4n) is 1.85. The summed E-state index contributed by atoms with van der Waals surface area (Å²) in [5, 5.41) is 0. The number of amides is 1. The van der Waals surface area contributed by atoms with E-state index < -0.39 is 9.84 Å². The highest BCUT2D eigenvalue weighted by atomic mass is 32.2. The van der Waals surface area contributed by atoms with Crippen LogP contribution in [0.4, 0.5) is 5.69 Å². The van der Waals surface area contributed by atoms with Crippen LogP contribution >= 0.6 is 0 Å². The lowest BCUT2D eigenvalue weighted by Crippen LogP contribution is -2.20. The molecule has 0 unspecified atom stereocenters. The summed E-state index contributed by atoms with van der Waals surface area (Å²) in [7, 11) is -3.45. The number of rotatable bonds is 6. The first-order chi connectivity index (χ1) is 11.3. The van der Waals surface area contributed by atoms with E-state index in [1.54, 1.807) is 18.2 Å². The van der Waals surface area contributed by atoms with Crippen LogP contribution in [0.2, 0.25) is 0 Å². The van der Waals surface area contributed by atoms with Crippen LogP contribution < -0.4 is 16.0 Å². The number of sulfone groups is 1. The van der Waals surface area contributed by atoms with Crippen LogP contribution in [0.3, 0.4) is 0 Å². The first kappa shape index (κ1) is 17.7. The third-order valence-electron chi connectivity index (χ3n) is 2.84. The molecule has 0 aliphatic carbocycles. The molecule has 24 heavy (non-hydrogen) atoms. The van der Waals surface area contributed by atoms with E-state index in [4.69, 9.17) is 15.3 Å². The van der Waals surface area contributed by atoms with Gasteiger partial charge in [-0.25, -0.2) is 13.9 Å². The molecule has 2 aromatic rings. The van der Waals surface area contributed by atoms with E-state index in [0.717, 1.165) is 6.26 Å². The van der Waals surface area contributed by atoms with Gasteiger partial charge in [0, 0.05) is 31.5 Å². The Morgan fingerprint density at radius 2 is 1.96 bits per heavy atom. The van der Waals surface area contributed by atoms with Gasteiger partial charge < -0.3 is 10.5 Å². The highest BCUT2D eigenvalue weighted by molar-refractivity contribution is 7.90. The molecule has 0 aliphatic rings. The Labute approximate surface area is 139 Å². The number of ether oxygens (including phenoxy) is 1. The maximum atomic E-state index is 11.7. The van der Waals surface area contributed by atoms with Gasteiger partial charge in [0.15, 0.2) is 9.84 Å². The number of nitrogens with zero attached hydrogens (tertiary/aromatic N) is 1. The molecule has 0 saturated carbocycles. The summed E-state index contributed by atoms with van der Waals surface area (Å²) in [5.74, 6) is 0.442. The number of carbonyl (C=O) groups is 1. The topological polar surface area (TPSA) is 121 Å². The van der Waals surface area contributed by atoms with Crippen molar-refractivity contribution in [3.05, 3.63) is 42.2 Å². The Hall–Kier alpha value is -2.65. The molecule has 3 N–H and O–H groups in total. The second-order valence-electron chi connectivity index (χ2n) is 5.00. The maximum absolute atomic E-state index is 11.7. The van der Waals surface area contributed by atoms with Crippen LogP contribution in [0.25, 0.3) is 0 Å². The Bertz CT molecular complexity index is 852. The van der Waals surface area contributed by atoms with Crippen LogP contribution in [-0.2, 0) is 26.1 Å². The van der Waals surface area contributed by atoms with Crippen molar-refractivity contribution in [2.24, 2.45) is 0 Å². The SMILES string of the molecule is CC(=O)NOCc1cc(Oc2ccc(N)c(S(C)(=O)=O)c2)ccn1. The Morgan fingerprint density at radius 3 is 2.62 bits per heavy atom. The Morgan fingerprint density at radius 1 is 1.25 bits per heavy atom. The summed E-state index contributed by atoms with van der Waals surface area (Å²) >= 11 is 0. The molecule has 0 aliphatic heterocycles. The normalized spacial score (nSPS) is 11.1. The minimum atomic E-state index is -3.45. The number of hydroxylamine groups is 1. The maximum Gasteiger partial charge on any atom is 0.240 e. The minimum Gasteiger partial charge on any atom is -0.457 e. The third kappa shape index (κ3) is 4.93. The van der Waals surface area contributed by atoms with Crippen molar-refractivity contribution < 1.29 is 22.8 Å². The second kappa shape index (κ2) is 7.28. The molecule has 0 saturated heterocycles. The van der Waals surface area contributed by atoms with Crippen molar-refractivity contribution >= 4 is 21.4 Å². The van der Waals surface area contributed by atoms with E-state index >= 15 is 0 Å². The largest absolute Gasteiger partial charge is 0.457 e. The number of nitrogens with two attached hydrogens (primary N) is 1. The van der Waals surface area contributed by atoms with E-state index in [1.807, 2.05) is 0 Å². The molecule has 0 atom stereocenters. The van der Waals surface area contributed by atoms with Crippen molar-refractivity contribution in [1.82, 2.24) is 10.5 Å². The molecule has 1 aromatic carbocycles. The summed E-state index contributed by atoms with van der Waals surface area (Å²) in [6.45, 7) is 1.39. The van der Waals surface area contributed by atoms with Crippen molar-refractivity contribution in [3.63, 3.8) is 0 Å². The van der Waals surface area contributed by atoms with Crippen molar-refractivity contribution in [3.8, 4) is 11.5 Å². The fourth-order valence-corrected chi connectivity index (χ4v) is 2.67. The summed E-state index contributed by atoms with van der Waals surface area (Å²) < 4.78 is 29.0. The van der Waals surface area contributed by atoms with E-state index in [9.17, 15) is 13.2 Å². The highest BCUT2D eigenvalue weighted by Gasteiger charge is 2.13. The first-order valence-corrected chi connectivity index (χ1v) is 8.75. The van der Waals surface area contributed by atoms with Crippen LogP contribution in [-0.4, -0.2) is 25.6 Å². The number of anilines is 1. The molecule has 1 aromatic heterocycles. The van der Waals surface area contributed by atoms with Crippen LogP contribution in [0.1, 0.15) is 12.6 Å². The van der Waals surface area contributed by atoms with Gasteiger partial charge in [0.1, 0.15) is 18.1 Å². The zero-order valence-electron chi connectivity index (χ0n) is 13.1. The fraction of sp³-hybridized carbons (Fsp3) is 0.200. The number of carbonyl (C=O) groups excluding carboxylic acids is 1. The van der Waals surface area contributed by atoms with Gasteiger partial charge in [0.2, 0.25) is 5.91 Å². The second-order valence-corrected chi connectivity index (χ2v) is 6.99. The number of nitrogen functional groups attached to an aromatic ring is 1. The lowest BCUT2D eigenvalue weighted by atomic mass is 10.3. The van der Waals surface area contributed by atoms with Crippen LogP contribution in [0.15, 0.2) is 41.4 Å². The summed E-state index contributed by atoms with van der Waals surface area (Å²) in [4.78, 5) is 19.8. The summed E-state index contributed by atoms with van der Waals surface area (Å²) in [6.07, 6.45) is 2.59. The summed E-state index contributed by atoms with van der Waals surface area (Å²) in [5.41, 5.74) is 8.55. The van der Waals surface area contributed by atoms with Gasteiger partial charge in [-0.1, -0.05) is 0 Å². The van der Waals surface area contributed by atoms with Gasteiger partial charge >= 0.3 is 0 Å². The van der Waals surface area contributed by atoms with Gasteiger partial charge in [-0.2, -0.15) is 0 Å². The van der Waals surface area contributed by atoms with E-state index in [2.05, 4.69) is 10.5 Å². The molecule has 0 spiro atoms. The average Bonchev–Trinajstić information content (AvgIpc) is 2.48. The predicted octanol–water partition coefficient (Wildman–Crippen LogP) is 1.43. The molecule has 0 bridgehead atoms. The van der Waals surface area contributed by atoms with Crippen molar-refractivity contribution in [2.45, 2.75) is 18.4 Å². The van der Waals surface area contributed by atoms with Crippen molar-refractivity contribution in [2.75, 3.05) is 12.0 Å². The Kier molecular flexibility index (Phi) is 5.37. The molecule has 1 heterocycles. The third-order valence-corrected chi connectivity index (χ3v) is 4.00. The lowest BCUT2D eigenvalue weighted by molar-refractivity contribution is -0.132. The zero-order chi connectivity index (χ0) is 17.7. The minimum absolute atomic E-state index is 0.00303. The van der Waals surface area contributed by atoms with Crippen LogP contribution in [0, 0.1) is 0 Å². The molecular weight excluding hydrogens is 334 g/mol. The quantitative estimate of drug-likeness (QED) is 0.596. The van der Waals surface area contributed by atoms with Gasteiger partial charge in [-0.3, -0.25) is 14.6 Å². The van der Waals surface area contributed by atoms with Gasteiger partial charge in [-0.05, 0) is 18.2 Å². The van der Waals surface area contributed by atoms with Gasteiger partial charge in [-0.15, -0.1) is 0 Å². The smallest absolute Gasteiger partial charge is 0.240 e. The first-order valence-electron chi connectivity index (χ1n) is 6.86. The van der Waals surface area contributed by atoms with E-state index in [1.165, 1.54) is 25.3 Å². The molecule has 128 valence electrons. The molecule has 8 nitrogen and oxygen atoms in total. The number of pyridine rings is 1. The number of benzene rings is 1. The number of aromatic nitrogens is 1. The average molecular weight is 351 g/mol. The molecule has 2 rings (SSSR count). The molecule has 9 heteroatoms. The molecular formula is C15H17N3O5S. The van der Waals surface area contributed by atoms with Gasteiger partial charge in [0.25, 0.3) is 0 Å². The number of hydrogen-bond donors (Lipinski definition) is 2. The lowest BCUT2D eigenvalue weighted by Gasteiger charge is -2.10. The van der Waals surface area contributed by atoms with E-state index in [-0.39, 0.29) is 23.1 Å². The Balaban J connectivity index is 2.15. The summed E-state index contributed by atoms with van der Waals surface area (Å²) in [6, 6.07) is 7.61.